The van der Waals surface area contributed by atoms with Crippen molar-refractivity contribution in [2.45, 2.75) is 38.6 Å². The van der Waals surface area contributed by atoms with E-state index in [2.05, 4.69) is 16.0 Å². The van der Waals surface area contributed by atoms with E-state index in [1.54, 1.807) is 38.1 Å². The fourth-order valence-electron chi connectivity index (χ4n) is 3.20. The molecule has 0 aromatic heterocycles. The zero-order valence-corrected chi connectivity index (χ0v) is 20.5. The third-order valence-corrected chi connectivity index (χ3v) is 6.86. The van der Waals surface area contributed by atoms with Gasteiger partial charge in [0, 0.05) is 24.8 Å². The normalized spacial score (nSPS) is 11.4. The van der Waals surface area contributed by atoms with Gasteiger partial charge in [-0.3, -0.25) is 9.59 Å². The van der Waals surface area contributed by atoms with Crippen molar-refractivity contribution in [3.8, 4) is 5.75 Å². The number of rotatable bonds is 11. The number of carbonyl (C=O) groups is 2. The van der Waals surface area contributed by atoms with Crippen molar-refractivity contribution >= 4 is 33.2 Å². The summed E-state index contributed by atoms with van der Waals surface area (Å²) in [5.41, 5.74) is 1.17. The van der Waals surface area contributed by atoms with Crippen LogP contribution in [-0.4, -0.2) is 57.3 Å². The van der Waals surface area contributed by atoms with Gasteiger partial charge in [0.05, 0.1) is 29.8 Å². The number of benzene rings is 2. The monoisotopic (exact) mass is 476 g/mol. The minimum Gasteiger partial charge on any atom is -0.495 e. The number of hydrogen-bond acceptors (Lipinski definition) is 6. The van der Waals surface area contributed by atoms with Crippen molar-refractivity contribution in [1.29, 1.82) is 0 Å². The second kappa shape index (κ2) is 11.7. The van der Waals surface area contributed by atoms with E-state index in [1.807, 2.05) is 13.8 Å². The number of para-hydroxylation sites is 1. The van der Waals surface area contributed by atoms with Gasteiger partial charge >= 0.3 is 0 Å². The van der Waals surface area contributed by atoms with E-state index in [-0.39, 0.29) is 29.1 Å². The first-order valence-electron chi connectivity index (χ1n) is 10.8. The molecule has 33 heavy (non-hydrogen) atoms. The summed E-state index contributed by atoms with van der Waals surface area (Å²) in [4.78, 5) is 25.1. The third-order valence-electron chi connectivity index (χ3n) is 4.82. The van der Waals surface area contributed by atoms with Gasteiger partial charge in [0.1, 0.15) is 5.75 Å². The molecule has 0 fully saturated rings. The average molecular weight is 477 g/mol. The zero-order chi connectivity index (χ0) is 24.6. The molecule has 2 aromatic carbocycles. The number of sulfonamides is 1. The number of nitrogens with one attached hydrogen (secondary N) is 3. The molecule has 0 radical (unpaired) electrons. The van der Waals surface area contributed by atoms with Crippen LogP contribution in [0.4, 0.5) is 11.4 Å². The van der Waals surface area contributed by atoms with Crippen LogP contribution in [0, 0.1) is 0 Å². The van der Waals surface area contributed by atoms with Crippen LogP contribution in [0.15, 0.2) is 47.4 Å². The molecule has 2 amide bonds. The van der Waals surface area contributed by atoms with Crippen LogP contribution in [0.3, 0.4) is 0 Å². The Morgan fingerprint density at radius 2 is 1.70 bits per heavy atom. The molecule has 0 unspecified atom stereocenters. The molecule has 0 aliphatic rings. The number of hydrogen-bond donors (Lipinski definition) is 3. The van der Waals surface area contributed by atoms with E-state index in [4.69, 9.17) is 4.74 Å². The number of anilines is 2. The Morgan fingerprint density at radius 1 is 1.03 bits per heavy atom. The number of carbonyl (C=O) groups excluding carboxylic acids is 2. The fraction of sp³-hybridized carbons (Fsp3) is 0.391. The Kier molecular flexibility index (Phi) is 9.24. The highest BCUT2D eigenvalue weighted by Gasteiger charge is 2.23. The van der Waals surface area contributed by atoms with Crippen molar-refractivity contribution in [3.05, 3.63) is 48.0 Å². The fourth-order valence-corrected chi connectivity index (χ4v) is 4.69. The largest absolute Gasteiger partial charge is 0.495 e. The first kappa shape index (κ1) is 26.1. The van der Waals surface area contributed by atoms with Gasteiger partial charge in [0.15, 0.2) is 0 Å². The van der Waals surface area contributed by atoms with Gasteiger partial charge < -0.3 is 20.7 Å². The molecule has 180 valence electrons. The first-order chi connectivity index (χ1) is 15.6. The molecule has 0 saturated heterocycles. The molecule has 0 aliphatic heterocycles. The van der Waals surface area contributed by atoms with Crippen LogP contribution in [0.5, 0.6) is 5.75 Å². The van der Waals surface area contributed by atoms with Crippen LogP contribution in [0.25, 0.3) is 0 Å². The van der Waals surface area contributed by atoms with Crippen LogP contribution in [0.2, 0.25) is 0 Å². The van der Waals surface area contributed by atoms with Crippen molar-refractivity contribution in [2.75, 3.05) is 37.4 Å². The van der Waals surface area contributed by atoms with Crippen LogP contribution < -0.4 is 20.7 Å². The highest BCUT2D eigenvalue weighted by Crippen LogP contribution is 2.29. The van der Waals surface area contributed by atoms with Gasteiger partial charge in [-0.05, 0) is 44.2 Å². The maximum atomic E-state index is 12.8. The van der Waals surface area contributed by atoms with E-state index >= 15 is 0 Å². The molecule has 0 atom stereocenters. The Morgan fingerprint density at radius 3 is 2.30 bits per heavy atom. The lowest BCUT2D eigenvalue weighted by Crippen LogP contribution is -2.31. The average Bonchev–Trinajstić information content (AvgIpc) is 2.78. The summed E-state index contributed by atoms with van der Waals surface area (Å²) in [6, 6.07) is 11.2. The number of amides is 2. The highest BCUT2D eigenvalue weighted by molar-refractivity contribution is 7.89. The van der Waals surface area contributed by atoms with Crippen LogP contribution in [0.1, 0.15) is 38.1 Å². The van der Waals surface area contributed by atoms with Crippen LogP contribution >= 0.6 is 0 Å². The molecule has 0 aliphatic carbocycles. The van der Waals surface area contributed by atoms with Gasteiger partial charge in [0.25, 0.3) is 5.91 Å². The molecule has 0 saturated carbocycles. The smallest absolute Gasteiger partial charge is 0.253 e. The SMILES string of the molecule is CCN(CC)S(=O)(=O)c1ccc(OC)c(NC(=O)CNc2ccccc2C(=O)NC(C)C)c1. The summed E-state index contributed by atoms with van der Waals surface area (Å²) >= 11 is 0. The van der Waals surface area contributed by atoms with E-state index in [0.717, 1.165) is 0 Å². The molecule has 2 aromatic rings. The lowest BCUT2D eigenvalue weighted by Gasteiger charge is -2.20. The van der Waals surface area contributed by atoms with E-state index in [0.29, 0.717) is 30.1 Å². The van der Waals surface area contributed by atoms with Crippen molar-refractivity contribution in [2.24, 2.45) is 0 Å². The minimum atomic E-state index is -3.70. The maximum absolute atomic E-state index is 12.8. The summed E-state index contributed by atoms with van der Waals surface area (Å²) < 4.78 is 32.3. The van der Waals surface area contributed by atoms with E-state index < -0.39 is 15.9 Å². The molecule has 0 spiro atoms. The summed E-state index contributed by atoms with van der Waals surface area (Å²) in [5, 5.41) is 8.48. The van der Waals surface area contributed by atoms with E-state index in [1.165, 1.54) is 29.6 Å². The molecule has 10 heteroatoms. The molecule has 0 bridgehead atoms. The van der Waals surface area contributed by atoms with Crippen molar-refractivity contribution < 1.29 is 22.7 Å². The summed E-state index contributed by atoms with van der Waals surface area (Å²) in [7, 11) is -2.26. The summed E-state index contributed by atoms with van der Waals surface area (Å²) in [6.45, 7) is 7.78. The van der Waals surface area contributed by atoms with E-state index in [9.17, 15) is 18.0 Å². The number of nitrogens with zero attached hydrogens (tertiary/aromatic N) is 1. The van der Waals surface area contributed by atoms with Crippen LogP contribution in [-0.2, 0) is 14.8 Å². The van der Waals surface area contributed by atoms with Crippen molar-refractivity contribution in [1.82, 2.24) is 9.62 Å². The topological polar surface area (TPSA) is 117 Å². The Bertz CT molecular complexity index is 1080. The molecular formula is C23H32N4O5S. The Balaban J connectivity index is 2.19. The second-order valence-corrected chi connectivity index (χ2v) is 9.46. The third kappa shape index (κ3) is 6.69. The molecule has 9 nitrogen and oxygen atoms in total. The molecule has 2 rings (SSSR count). The molecule has 0 heterocycles. The Hall–Kier alpha value is -3.11. The lowest BCUT2D eigenvalue weighted by molar-refractivity contribution is -0.114. The minimum absolute atomic E-state index is 0.0267. The first-order valence-corrected chi connectivity index (χ1v) is 12.2. The Labute approximate surface area is 195 Å². The maximum Gasteiger partial charge on any atom is 0.253 e. The summed E-state index contributed by atoms with van der Waals surface area (Å²) in [6.07, 6.45) is 0. The molecule has 3 N–H and O–H groups in total. The van der Waals surface area contributed by atoms with Gasteiger partial charge in [-0.15, -0.1) is 0 Å². The standard InChI is InChI=1S/C23H32N4O5S/c1-6-27(7-2)33(30,31)17-12-13-21(32-5)20(14-17)26-22(28)15-24-19-11-9-8-10-18(19)23(29)25-16(3)4/h8-14,16,24H,6-7,15H2,1-5H3,(H,25,29)(H,26,28). The molecular weight excluding hydrogens is 444 g/mol. The number of ether oxygens (including phenoxy) is 1. The summed E-state index contributed by atoms with van der Waals surface area (Å²) in [5.74, 6) is -0.340. The predicted molar refractivity (Wildman–Crippen MR) is 129 cm³/mol. The van der Waals surface area contributed by atoms with Gasteiger partial charge in [-0.25, -0.2) is 8.42 Å². The quantitative estimate of drug-likeness (QED) is 0.459. The van der Waals surface area contributed by atoms with Gasteiger partial charge in [-0.1, -0.05) is 26.0 Å². The predicted octanol–water partition coefficient (Wildman–Crippen LogP) is 2.91. The van der Waals surface area contributed by atoms with Gasteiger partial charge in [0.2, 0.25) is 15.9 Å². The highest BCUT2D eigenvalue weighted by atomic mass is 32.2. The second-order valence-electron chi connectivity index (χ2n) is 7.53. The zero-order valence-electron chi connectivity index (χ0n) is 19.6. The van der Waals surface area contributed by atoms with Crippen molar-refractivity contribution in [3.63, 3.8) is 0 Å². The lowest BCUT2D eigenvalue weighted by atomic mass is 10.1. The number of methoxy groups -OCH3 is 1. The van der Waals surface area contributed by atoms with Gasteiger partial charge in [-0.2, -0.15) is 4.31 Å².